The van der Waals surface area contributed by atoms with Gasteiger partial charge in [0.2, 0.25) is 0 Å². The molecule has 17 heavy (non-hydrogen) atoms. The van der Waals surface area contributed by atoms with E-state index in [4.69, 9.17) is 0 Å². The lowest BCUT2D eigenvalue weighted by Crippen LogP contribution is -2.31. The molecule has 1 aliphatic heterocycles. The molecule has 2 rings (SSSR count). The zero-order chi connectivity index (χ0) is 12.6. The van der Waals surface area contributed by atoms with Crippen molar-refractivity contribution in [2.45, 2.75) is 0 Å². The lowest BCUT2D eigenvalue weighted by molar-refractivity contribution is -0.385. The number of imide groups is 1. The Morgan fingerprint density at radius 1 is 1.41 bits per heavy atom. The van der Waals surface area contributed by atoms with Crippen molar-refractivity contribution in [2.75, 3.05) is 11.4 Å². The van der Waals surface area contributed by atoms with Crippen LogP contribution < -0.4 is 10.2 Å². The molecule has 88 valence electrons. The first-order valence-corrected chi connectivity index (χ1v) is 4.55. The Balaban J connectivity index is 2.43. The summed E-state index contributed by atoms with van der Waals surface area (Å²) in [5.74, 6) is -1.60. The highest BCUT2D eigenvalue weighted by Gasteiger charge is 2.32. The molecule has 1 saturated heterocycles. The Morgan fingerprint density at radius 2 is 2.12 bits per heavy atom. The monoisotopic (exact) mass is 239 g/mol. The summed E-state index contributed by atoms with van der Waals surface area (Å²) in [5, 5.41) is 12.6. The van der Waals surface area contributed by atoms with Gasteiger partial charge in [0.15, 0.2) is 5.82 Å². The van der Waals surface area contributed by atoms with Crippen molar-refractivity contribution in [3.05, 3.63) is 34.1 Å². The van der Waals surface area contributed by atoms with Gasteiger partial charge < -0.3 is 5.32 Å². The summed E-state index contributed by atoms with van der Waals surface area (Å²) >= 11 is 0. The van der Waals surface area contributed by atoms with Gasteiger partial charge in [0.05, 0.1) is 23.2 Å². The van der Waals surface area contributed by atoms with Gasteiger partial charge in [0, 0.05) is 6.07 Å². The largest absolute Gasteiger partial charge is 0.329 e. The number of nitro benzene ring substituents is 1. The second kappa shape index (κ2) is 3.81. The molecule has 0 unspecified atom stereocenters. The summed E-state index contributed by atoms with van der Waals surface area (Å²) in [6.07, 6.45) is 0. The van der Waals surface area contributed by atoms with E-state index in [0.717, 1.165) is 12.1 Å². The number of anilines is 1. The maximum atomic E-state index is 13.5. The van der Waals surface area contributed by atoms with Crippen LogP contribution in [-0.4, -0.2) is 23.4 Å². The number of halogens is 1. The fraction of sp³-hybridized carbons (Fsp3) is 0.111. The fourth-order valence-corrected chi connectivity index (χ4v) is 1.46. The van der Waals surface area contributed by atoms with E-state index < -0.39 is 28.4 Å². The van der Waals surface area contributed by atoms with Gasteiger partial charge in [0.25, 0.3) is 11.6 Å². The molecule has 1 aromatic carbocycles. The maximum absolute atomic E-state index is 13.5. The van der Waals surface area contributed by atoms with Crippen LogP contribution >= 0.6 is 0 Å². The van der Waals surface area contributed by atoms with E-state index in [2.05, 4.69) is 5.32 Å². The highest BCUT2D eigenvalue weighted by Crippen LogP contribution is 2.25. The summed E-state index contributed by atoms with van der Waals surface area (Å²) in [6, 6.07) is 1.96. The van der Waals surface area contributed by atoms with Crippen molar-refractivity contribution in [3.63, 3.8) is 0 Å². The molecule has 1 fully saturated rings. The van der Waals surface area contributed by atoms with Crippen LogP contribution in [0.4, 0.5) is 20.6 Å². The van der Waals surface area contributed by atoms with E-state index >= 15 is 0 Å². The molecule has 0 radical (unpaired) electrons. The standard InChI is InChI=1S/C9H6FN3O4/c10-6-3-5(13(16)17)1-2-7(6)12-8(14)4-11-9(12)15/h1-3H,4H2,(H,11,15). The van der Waals surface area contributed by atoms with Gasteiger partial charge in [-0.1, -0.05) is 0 Å². The van der Waals surface area contributed by atoms with Crippen LogP contribution in [0.5, 0.6) is 0 Å². The third kappa shape index (κ3) is 1.80. The number of nitrogens with zero attached hydrogens (tertiary/aromatic N) is 2. The normalized spacial score (nSPS) is 15.0. The molecule has 0 aromatic heterocycles. The minimum Gasteiger partial charge on any atom is -0.328 e. The van der Waals surface area contributed by atoms with Crippen LogP contribution in [0.25, 0.3) is 0 Å². The Morgan fingerprint density at radius 3 is 2.59 bits per heavy atom. The van der Waals surface area contributed by atoms with Crippen LogP contribution in [0.15, 0.2) is 18.2 Å². The average Bonchev–Trinajstić information content (AvgIpc) is 2.59. The number of non-ortho nitro benzene ring substituents is 1. The van der Waals surface area contributed by atoms with E-state index in [-0.39, 0.29) is 12.2 Å². The van der Waals surface area contributed by atoms with Gasteiger partial charge in [-0.2, -0.15) is 0 Å². The van der Waals surface area contributed by atoms with E-state index in [1.54, 1.807) is 0 Å². The molecule has 1 aromatic rings. The van der Waals surface area contributed by atoms with Crippen molar-refractivity contribution in [3.8, 4) is 0 Å². The molecule has 0 aliphatic carbocycles. The highest BCUT2D eigenvalue weighted by atomic mass is 19.1. The Kier molecular flexibility index (Phi) is 2.47. The topological polar surface area (TPSA) is 92.6 Å². The van der Waals surface area contributed by atoms with Gasteiger partial charge in [-0.05, 0) is 6.07 Å². The van der Waals surface area contributed by atoms with Gasteiger partial charge in [-0.3, -0.25) is 14.9 Å². The number of hydrogen-bond acceptors (Lipinski definition) is 4. The average molecular weight is 239 g/mol. The third-order valence-corrected chi connectivity index (χ3v) is 2.23. The van der Waals surface area contributed by atoms with E-state index in [1.807, 2.05) is 0 Å². The summed E-state index contributed by atoms with van der Waals surface area (Å²) in [4.78, 5) is 32.8. The molecule has 1 heterocycles. The molecule has 0 bridgehead atoms. The number of hydrogen-bond donors (Lipinski definition) is 1. The van der Waals surface area contributed by atoms with E-state index in [0.29, 0.717) is 11.0 Å². The molecule has 3 amide bonds. The number of benzene rings is 1. The zero-order valence-electron chi connectivity index (χ0n) is 8.34. The lowest BCUT2D eigenvalue weighted by Gasteiger charge is -2.12. The van der Waals surface area contributed by atoms with E-state index in [9.17, 15) is 24.1 Å². The minimum absolute atomic E-state index is 0.213. The van der Waals surface area contributed by atoms with Gasteiger partial charge in [-0.25, -0.2) is 14.1 Å². The maximum Gasteiger partial charge on any atom is 0.329 e. The Hall–Kier alpha value is -2.51. The Labute approximate surface area is 94.0 Å². The summed E-state index contributed by atoms with van der Waals surface area (Å²) in [6.45, 7) is -0.213. The number of rotatable bonds is 2. The Bertz CT molecular complexity index is 515. The highest BCUT2D eigenvalue weighted by molar-refractivity contribution is 6.19. The molecule has 7 nitrogen and oxygen atoms in total. The SMILES string of the molecule is O=C1CNC(=O)N1c1ccc([N+](=O)[O-])cc1F. The molecule has 0 saturated carbocycles. The second-order valence-corrected chi connectivity index (χ2v) is 3.28. The number of nitrogens with one attached hydrogen (secondary N) is 1. The first-order chi connectivity index (χ1) is 8.00. The first-order valence-electron chi connectivity index (χ1n) is 4.55. The molecule has 1 aliphatic rings. The molecule has 0 atom stereocenters. The molecular formula is C9H6FN3O4. The number of carbonyl (C=O) groups is 2. The van der Waals surface area contributed by atoms with Crippen molar-refractivity contribution < 1.29 is 18.9 Å². The fourth-order valence-electron chi connectivity index (χ4n) is 1.46. The van der Waals surface area contributed by atoms with Crippen LogP contribution in [0, 0.1) is 15.9 Å². The number of carbonyl (C=O) groups excluding carboxylic acids is 2. The molecular weight excluding hydrogens is 233 g/mol. The molecule has 8 heteroatoms. The lowest BCUT2D eigenvalue weighted by atomic mass is 10.2. The van der Waals surface area contributed by atoms with Gasteiger partial charge >= 0.3 is 6.03 Å². The van der Waals surface area contributed by atoms with E-state index in [1.165, 1.54) is 0 Å². The second-order valence-electron chi connectivity index (χ2n) is 3.28. The zero-order valence-corrected chi connectivity index (χ0v) is 8.34. The van der Waals surface area contributed by atoms with Crippen molar-refractivity contribution in [1.82, 2.24) is 5.32 Å². The van der Waals surface area contributed by atoms with Gasteiger partial charge in [-0.15, -0.1) is 0 Å². The summed E-state index contributed by atoms with van der Waals surface area (Å²) in [5.41, 5.74) is -0.742. The van der Waals surface area contributed by atoms with Crippen LogP contribution in [0.3, 0.4) is 0 Å². The van der Waals surface area contributed by atoms with Crippen molar-refractivity contribution >= 4 is 23.3 Å². The van der Waals surface area contributed by atoms with Crippen LogP contribution in [-0.2, 0) is 4.79 Å². The minimum atomic E-state index is -0.996. The number of amides is 3. The third-order valence-electron chi connectivity index (χ3n) is 2.23. The first kappa shape index (κ1) is 11.0. The van der Waals surface area contributed by atoms with Crippen LogP contribution in [0.2, 0.25) is 0 Å². The van der Waals surface area contributed by atoms with Crippen molar-refractivity contribution in [1.29, 1.82) is 0 Å². The number of urea groups is 1. The molecule has 0 spiro atoms. The smallest absolute Gasteiger partial charge is 0.328 e. The summed E-state index contributed by atoms with van der Waals surface area (Å²) < 4.78 is 13.5. The summed E-state index contributed by atoms with van der Waals surface area (Å²) in [7, 11) is 0. The van der Waals surface area contributed by atoms with Gasteiger partial charge in [0.1, 0.15) is 0 Å². The number of nitro groups is 1. The predicted molar refractivity (Wildman–Crippen MR) is 53.9 cm³/mol. The quantitative estimate of drug-likeness (QED) is 0.469. The molecule has 1 N–H and O–H groups in total. The van der Waals surface area contributed by atoms with Crippen LogP contribution in [0.1, 0.15) is 0 Å². The van der Waals surface area contributed by atoms with Crippen molar-refractivity contribution in [2.24, 2.45) is 0 Å². The predicted octanol–water partition coefficient (Wildman–Crippen LogP) is 0.790.